The van der Waals surface area contributed by atoms with Crippen molar-refractivity contribution >= 4 is 32.8 Å². The molecule has 0 bridgehead atoms. The van der Waals surface area contributed by atoms with Crippen molar-refractivity contribution in [1.82, 2.24) is 14.5 Å². The average molecular weight is 437 g/mol. The van der Waals surface area contributed by atoms with Gasteiger partial charge in [0, 0.05) is 17.8 Å². The lowest BCUT2D eigenvalue weighted by atomic mass is 10.0. The Morgan fingerprint density at radius 3 is 1.91 bits per heavy atom. The van der Waals surface area contributed by atoms with Crippen molar-refractivity contribution in [2.75, 3.05) is 0 Å². The number of furan rings is 1. The summed E-state index contributed by atoms with van der Waals surface area (Å²) < 4.78 is 6.96. The highest BCUT2D eigenvalue weighted by Gasteiger charge is 2.30. The summed E-state index contributed by atoms with van der Waals surface area (Å²) in [6, 6.07) is 17.0. The molecule has 1 unspecified atom stereocenters. The van der Waals surface area contributed by atoms with Gasteiger partial charge in [-0.25, -0.2) is 0 Å². The summed E-state index contributed by atoms with van der Waals surface area (Å²) in [5.41, 5.74) is -1.96. The maximum absolute atomic E-state index is 13.5. The number of benzene rings is 3. The van der Waals surface area contributed by atoms with Gasteiger partial charge in [0.2, 0.25) is 10.9 Å². The van der Waals surface area contributed by atoms with Crippen molar-refractivity contribution in [2.24, 2.45) is 0 Å². The molecule has 0 saturated heterocycles. The molecule has 6 rings (SSSR count). The Morgan fingerprint density at radius 1 is 0.727 bits per heavy atom. The number of hydrogen-bond acceptors (Lipinski definition) is 5. The zero-order valence-electron chi connectivity index (χ0n) is 17.0. The van der Waals surface area contributed by atoms with Crippen molar-refractivity contribution in [3.63, 3.8) is 0 Å². The smallest absolute Gasteiger partial charge is 0.266 e. The Morgan fingerprint density at radius 2 is 1.30 bits per heavy atom. The fourth-order valence-electron chi connectivity index (χ4n) is 4.42. The Labute approximate surface area is 183 Å². The summed E-state index contributed by atoms with van der Waals surface area (Å²) >= 11 is 0. The molecule has 0 saturated carbocycles. The first-order chi connectivity index (χ1) is 16.1. The molecule has 0 aliphatic carbocycles. The number of fused-ring (bicyclic) bond motifs is 3. The summed E-state index contributed by atoms with van der Waals surface area (Å²) in [5, 5.41) is -0.0511. The summed E-state index contributed by atoms with van der Waals surface area (Å²) in [4.78, 5) is 58.7. The topological polar surface area (TPSA) is 118 Å². The van der Waals surface area contributed by atoms with E-state index < -0.39 is 38.8 Å². The highest BCUT2D eigenvalue weighted by atomic mass is 16.3. The van der Waals surface area contributed by atoms with Crippen LogP contribution in [-0.4, -0.2) is 14.5 Å². The SMILES string of the molecule is O=c1c2[nH]cc[nH]c2c(=O)c2c(=O)n(C(c3ccccc3)c3cc4ccccc4o3)c(=O)c12. The van der Waals surface area contributed by atoms with Crippen LogP contribution in [-0.2, 0) is 0 Å². The van der Waals surface area contributed by atoms with Gasteiger partial charge in [0.15, 0.2) is 0 Å². The van der Waals surface area contributed by atoms with Crippen LogP contribution in [0.3, 0.4) is 0 Å². The van der Waals surface area contributed by atoms with Crippen LogP contribution in [0.2, 0.25) is 0 Å². The molecule has 0 radical (unpaired) electrons. The first-order valence-electron chi connectivity index (χ1n) is 10.2. The summed E-state index contributed by atoms with van der Waals surface area (Å²) in [6.07, 6.45) is 2.88. The summed E-state index contributed by atoms with van der Waals surface area (Å²) in [5.74, 6) is 0.347. The lowest BCUT2D eigenvalue weighted by Crippen LogP contribution is -2.32. The van der Waals surface area contributed by atoms with Crippen LogP contribution in [0.5, 0.6) is 0 Å². The second-order valence-electron chi connectivity index (χ2n) is 7.76. The number of para-hydroxylation sites is 1. The fraction of sp³-hybridized carbons (Fsp3) is 0.0400. The number of H-pyrrole nitrogens is 2. The van der Waals surface area contributed by atoms with Gasteiger partial charge in [0.1, 0.15) is 39.2 Å². The fourth-order valence-corrected chi connectivity index (χ4v) is 4.42. The van der Waals surface area contributed by atoms with E-state index in [2.05, 4.69) is 9.97 Å². The van der Waals surface area contributed by atoms with Crippen LogP contribution in [0, 0.1) is 0 Å². The minimum absolute atomic E-state index is 0.0516. The van der Waals surface area contributed by atoms with E-state index in [0.717, 1.165) is 9.95 Å². The molecule has 0 amide bonds. The zero-order chi connectivity index (χ0) is 22.7. The molecule has 160 valence electrons. The molecule has 3 aromatic carbocycles. The monoisotopic (exact) mass is 437 g/mol. The van der Waals surface area contributed by atoms with Crippen molar-refractivity contribution in [3.05, 3.63) is 126 Å². The van der Waals surface area contributed by atoms with Crippen molar-refractivity contribution < 1.29 is 4.42 Å². The Balaban J connectivity index is 1.76. The Hall–Kier alpha value is -4.72. The van der Waals surface area contributed by atoms with Gasteiger partial charge < -0.3 is 14.4 Å². The third-order valence-electron chi connectivity index (χ3n) is 5.90. The maximum Gasteiger partial charge on any atom is 0.266 e. The molecule has 6 aromatic rings. The number of nitrogens with zero attached hydrogens (tertiary/aromatic N) is 1. The van der Waals surface area contributed by atoms with E-state index in [1.54, 1.807) is 36.4 Å². The van der Waals surface area contributed by atoms with Crippen molar-refractivity contribution in [2.45, 2.75) is 6.04 Å². The molecular formula is C25H15N3O5. The van der Waals surface area contributed by atoms with Gasteiger partial charge in [-0.3, -0.25) is 23.7 Å². The number of aromatic amines is 2. The molecule has 8 nitrogen and oxygen atoms in total. The van der Waals surface area contributed by atoms with Gasteiger partial charge in [-0.15, -0.1) is 0 Å². The number of nitrogens with one attached hydrogen (secondary N) is 2. The first kappa shape index (κ1) is 19.0. The molecular weight excluding hydrogens is 422 g/mol. The van der Waals surface area contributed by atoms with Crippen LogP contribution in [0.25, 0.3) is 32.8 Å². The zero-order valence-corrected chi connectivity index (χ0v) is 17.0. The van der Waals surface area contributed by atoms with E-state index in [0.29, 0.717) is 16.9 Å². The second kappa shape index (κ2) is 6.89. The lowest BCUT2D eigenvalue weighted by molar-refractivity contribution is 0.479. The molecule has 0 fully saturated rings. The molecule has 3 aromatic heterocycles. The summed E-state index contributed by atoms with van der Waals surface area (Å²) in [7, 11) is 0. The molecule has 1 atom stereocenters. The van der Waals surface area contributed by atoms with Gasteiger partial charge >= 0.3 is 0 Å². The van der Waals surface area contributed by atoms with Crippen molar-refractivity contribution in [1.29, 1.82) is 0 Å². The maximum atomic E-state index is 13.5. The lowest BCUT2D eigenvalue weighted by Gasteiger charge is -2.15. The molecule has 0 spiro atoms. The van der Waals surface area contributed by atoms with Gasteiger partial charge in [0.25, 0.3) is 11.1 Å². The number of aromatic nitrogens is 3. The minimum Gasteiger partial charge on any atom is -0.458 e. The highest BCUT2D eigenvalue weighted by Crippen LogP contribution is 2.30. The Kier molecular flexibility index (Phi) is 3.97. The molecule has 3 heterocycles. The van der Waals surface area contributed by atoms with E-state index in [9.17, 15) is 19.2 Å². The normalized spacial score (nSPS) is 12.6. The van der Waals surface area contributed by atoms with E-state index in [1.165, 1.54) is 12.4 Å². The number of hydrogen-bond donors (Lipinski definition) is 2. The van der Waals surface area contributed by atoms with E-state index in [4.69, 9.17) is 4.42 Å². The van der Waals surface area contributed by atoms with Gasteiger partial charge in [-0.05, 0) is 17.7 Å². The third-order valence-corrected chi connectivity index (χ3v) is 5.90. The average Bonchev–Trinajstić information content (AvgIpc) is 3.38. The standard InChI is InChI=1S/C25H15N3O5/c29-22-17-18(23(30)20-19(22)26-10-11-27-20)25(32)28(24(17)31)21(13-6-2-1-3-7-13)16-12-14-8-4-5-9-15(14)33-16/h1-12,21,26-27H. The largest absolute Gasteiger partial charge is 0.458 e. The molecule has 33 heavy (non-hydrogen) atoms. The van der Waals surface area contributed by atoms with Crippen LogP contribution in [0.4, 0.5) is 0 Å². The molecule has 8 heteroatoms. The Bertz CT molecular complexity index is 1800. The highest BCUT2D eigenvalue weighted by molar-refractivity contribution is 5.94. The number of rotatable bonds is 3. The van der Waals surface area contributed by atoms with Crippen molar-refractivity contribution in [3.8, 4) is 0 Å². The first-order valence-corrected chi connectivity index (χ1v) is 10.2. The minimum atomic E-state index is -0.958. The van der Waals surface area contributed by atoms with Gasteiger partial charge in [0.05, 0.1) is 0 Å². The van der Waals surface area contributed by atoms with Crippen LogP contribution in [0.1, 0.15) is 17.4 Å². The van der Waals surface area contributed by atoms with Gasteiger partial charge in [-0.1, -0.05) is 48.5 Å². The predicted octanol–water partition coefficient (Wildman–Crippen LogP) is 2.71. The molecule has 0 aliphatic rings. The van der Waals surface area contributed by atoms with Crippen LogP contribution >= 0.6 is 0 Å². The second-order valence-corrected chi connectivity index (χ2v) is 7.76. The van der Waals surface area contributed by atoms with Gasteiger partial charge in [-0.2, -0.15) is 0 Å². The van der Waals surface area contributed by atoms with Crippen LogP contribution < -0.4 is 22.0 Å². The third kappa shape index (κ3) is 2.64. The predicted molar refractivity (Wildman–Crippen MR) is 124 cm³/mol. The molecule has 2 N–H and O–H groups in total. The molecule has 0 aliphatic heterocycles. The van der Waals surface area contributed by atoms with E-state index in [1.807, 2.05) is 24.3 Å². The van der Waals surface area contributed by atoms with Crippen LogP contribution in [0.15, 0.2) is 96.7 Å². The van der Waals surface area contributed by atoms with E-state index >= 15 is 0 Å². The van der Waals surface area contributed by atoms with E-state index in [-0.39, 0.29) is 11.0 Å². The quantitative estimate of drug-likeness (QED) is 0.441. The summed E-state index contributed by atoms with van der Waals surface area (Å²) in [6.45, 7) is 0.